The summed E-state index contributed by atoms with van der Waals surface area (Å²) >= 11 is 0. The molecule has 0 spiro atoms. The molecule has 0 aromatic heterocycles. The first-order valence-electron chi connectivity index (χ1n) is 8.10. The summed E-state index contributed by atoms with van der Waals surface area (Å²) in [5, 5.41) is 3.03. The van der Waals surface area contributed by atoms with Crippen LogP contribution < -0.4 is 5.32 Å². The van der Waals surface area contributed by atoms with Gasteiger partial charge in [-0.2, -0.15) is 0 Å². The van der Waals surface area contributed by atoms with Gasteiger partial charge in [0, 0.05) is 6.04 Å². The van der Waals surface area contributed by atoms with Crippen LogP contribution >= 0.6 is 0 Å². The van der Waals surface area contributed by atoms with Crippen molar-refractivity contribution in [2.24, 2.45) is 5.92 Å². The number of nitrogens with zero attached hydrogens (tertiary/aromatic N) is 1. The summed E-state index contributed by atoms with van der Waals surface area (Å²) in [6.07, 6.45) is 7.27. The zero-order chi connectivity index (χ0) is 14.5. The summed E-state index contributed by atoms with van der Waals surface area (Å²) in [4.78, 5) is 27.8. The lowest BCUT2D eigenvalue weighted by atomic mass is 9.81. The van der Waals surface area contributed by atoms with Gasteiger partial charge in [-0.3, -0.25) is 9.59 Å². The quantitative estimate of drug-likeness (QED) is 0.860. The highest BCUT2D eigenvalue weighted by Gasteiger charge is 2.61. The summed E-state index contributed by atoms with van der Waals surface area (Å²) in [6.45, 7) is 5.85. The van der Waals surface area contributed by atoms with E-state index in [-0.39, 0.29) is 17.9 Å². The van der Waals surface area contributed by atoms with E-state index >= 15 is 0 Å². The smallest absolute Gasteiger partial charge is 0.249 e. The highest BCUT2D eigenvalue weighted by molar-refractivity contribution is 6.02. The fourth-order valence-electron chi connectivity index (χ4n) is 3.99. The first-order valence-corrected chi connectivity index (χ1v) is 8.10. The summed E-state index contributed by atoms with van der Waals surface area (Å²) in [5.74, 6) is 0.560. The molecule has 112 valence electrons. The molecule has 0 aromatic carbocycles. The molecule has 1 heterocycles. The molecule has 1 aliphatic heterocycles. The molecule has 20 heavy (non-hydrogen) atoms. The molecule has 0 bridgehead atoms. The molecule has 3 rings (SSSR count). The van der Waals surface area contributed by atoms with Crippen LogP contribution in [-0.2, 0) is 9.59 Å². The minimum atomic E-state index is -0.714. The van der Waals surface area contributed by atoms with Crippen LogP contribution in [0.1, 0.15) is 65.7 Å². The van der Waals surface area contributed by atoms with Crippen molar-refractivity contribution in [2.75, 3.05) is 0 Å². The van der Waals surface area contributed by atoms with Crippen LogP contribution in [0.4, 0.5) is 0 Å². The lowest BCUT2D eigenvalue weighted by Crippen LogP contribution is -2.76. The van der Waals surface area contributed by atoms with Crippen molar-refractivity contribution in [1.82, 2.24) is 10.2 Å². The molecule has 2 atom stereocenters. The van der Waals surface area contributed by atoms with Gasteiger partial charge in [0.25, 0.3) is 0 Å². The first-order chi connectivity index (χ1) is 9.43. The number of carbonyl (C=O) groups excluding carboxylic acids is 2. The van der Waals surface area contributed by atoms with E-state index in [1.165, 1.54) is 12.8 Å². The van der Waals surface area contributed by atoms with Gasteiger partial charge in [0.1, 0.15) is 11.1 Å². The van der Waals surface area contributed by atoms with Gasteiger partial charge in [-0.25, -0.2) is 0 Å². The number of piperazine rings is 1. The molecule has 1 saturated heterocycles. The lowest BCUT2D eigenvalue weighted by molar-refractivity contribution is -0.167. The van der Waals surface area contributed by atoms with E-state index in [9.17, 15) is 9.59 Å². The molecular formula is C16H26N2O2. The van der Waals surface area contributed by atoms with E-state index in [4.69, 9.17) is 0 Å². The highest BCUT2D eigenvalue weighted by atomic mass is 16.2. The molecule has 1 N–H and O–H groups in total. The maximum atomic E-state index is 13.1. The number of hydrogen-bond acceptors (Lipinski definition) is 2. The summed E-state index contributed by atoms with van der Waals surface area (Å²) in [7, 11) is 0. The largest absolute Gasteiger partial charge is 0.340 e. The van der Waals surface area contributed by atoms with Crippen LogP contribution in [0.25, 0.3) is 0 Å². The maximum Gasteiger partial charge on any atom is 0.249 e. The molecule has 3 aliphatic rings. The normalized spacial score (nSPS) is 39.2. The Morgan fingerprint density at radius 1 is 1.15 bits per heavy atom. The van der Waals surface area contributed by atoms with Crippen LogP contribution in [-0.4, -0.2) is 33.8 Å². The van der Waals surface area contributed by atoms with Gasteiger partial charge >= 0.3 is 0 Å². The van der Waals surface area contributed by atoms with Gasteiger partial charge in [0.15, 0.2) is 0 Å². The second-order valence-corrected chi connectivity index (χ2v) is 7.18. The number of amides is 2. The molecule has 2 saturated carbocycles. The minimum Gasteiger partial charge on any atom is -0.340 e. The Hall–Kier alpha value is -1.06. The molecule has 4 nitrogen and oxygen atoms in total. The van der Waals surface area contributed by atoms with Gasteiger partial charge in [0.2, 0.25) is 11.8 Å². The second-order valence-electron chi connectivity index (χ2n) is 7.18. The third-order valence-corrected chi connectivity index (χ3v) is 5.81. The Labute approximate surface area is 121 Å². The molecular weight excluding hydrogens is 252 g/mol. The standard InChI is InChI=1S/C16H26N2O2/c1-4-15(2)14(20)18(12-7-5-6-8-12)16(3,11-9-10-11)13(19)17-15/h11-12H,4-10H2,1-3H3,(H,17,19). The predicted octanol–water partition coefficient (Wildman–Crippen LogP) is 2.22. The topological polar surface area (TPSA) is 49.4 Å². The van der Waals surface area contributed by atoms with Gasteiger partial charge in [0.05, 0.1) is 0 Å². The average Bonchev–Trinajstić information content (AvgIpc) is 3.15. The molecule has 2 amide bonds. The first kappa shape index (κ1) is 13.9. The lowest BCUT2D eigenvalue weighted by Gasteiger charge is -2.53. The van der Waals surface area contributed by atoms with Crippen LogP contribution in [0.3, 0.4) is 0 Å². The molecule has 2 aliphatic carbocycles. The Morgan fingerprint density at radius 2 is 1.75 bits per heavy atom. The van der Waals surface area contributed by atoms with Crippen molar-refractivity contribution in [3.63, 3.8) is 0 Å². The number of rotatable bonds is 3. The number of nitrogens with one attached hydrogen (secondary N) is 1. The Balaban J connectivity index is 2.00. The summed E-state index contributed by atoms with van der Waals surface area (Å²) < 4.78 is 0. The van der Waals surface area contributed by atoms with Gasteiger partial charge in [-0.1, -0.05) is 19.8 Å². The van der Waals surface area contributed by atoms with Crippen molar-refractivity contribution < 1.29 is 9.59 Å². The molecule has 2 unspecified atom stereocenters. The van der Waals surface area contributed by atoms with E-state index in [0.29, 0.717) is 12.3 Å². The highest BCUT2D eigenvalue weighted by Crippen LogP contribution is 2.48. The van der Waals surface area contributed by atoms with Crippen molar-refractivity contribution in [3.8, 4) is 0 Å². The molecule has 0 aromatic rings. The zero-order valence-corrected chi connectivity index (χ0v) is 12.9. The number of carbonyl (C=O) groups is 2. The van der Waals surface area contributed by atoms with Gasteiger partial charge in [-0.15, -0.1) is 0 Å². The second kappa shape index (κ2) is 4.47. The van der Waals surface area contributed by atoms with Crippen molar-refractivity contribution in [2.45, 2.75) is 82.8 Å². The van der Waals surface area contributed by atoms with Crippen molar-refractivity contribution in [3.05, 3.63) is 0 Å². The maximum absolute atomic E-state index is 13.1. The summed E-state index contributed by atoms with van der Waals surface area (Å²) in [5.41, 5.74) is -1.32. The molecule has 4 heteroatoms. The van der Waals surface area contributed by atoms with Crippen LogP contribution in [0.2, 0.25) is 0 Å². The van der Waals surface area contributed by atoms with E-state index in [2.05, 4.69) is 5.32 Å². The third kappa shape index (κ3) is 1.80. The SMILES string of the molecule is CCC1(C)NC(=O)C(C)(C2CC2)N(C2CCCC2)C1=O. The van der Waals surface area contributed by atoms with E-state index in [1.54, 1.807) is 0 Å². The third-order valence-electron chi connectivity index (χ3n) is 5.81. The minimum absolute atomic E-state index is 0.0656. The monoisotopic (exact) mass is 278 g/mol. The number of hydrogen-bond donors (Lipinski definition) is 1. The Bertz CT molecular complexity index is 440. The predicted molar refractivity (Wildman–Crippen MR) is 77.1 cm³/mol. The van der Waals surface area contributed by atoms with Crippen molar-refractivity contribution in [1.29, 1.82) is 0 Å². The zero-order valence-electron chi connectivity index (χ0n) is 12.9. The van der Waals surface area contributed by atoms with Gasteiger partial charge in [-0.05, 0) is 51.9 Å². The van der Waals surface area contributed by atoms with Crippen LogP contribution in [0.5, 0.6) is 0 Å². The molecule has 0 radical (unpaired) electrons. The van der Waals surface area contributed by atoms with Gasteiger partial charge < -0.3 is 10.2 Å². The fraction of sp³-hybridized carbons (Fsp3) is 0.875. The van der Waals surface area contributed by atoms with E-state index in [1.807, 2.05) is 25.7 Å². The Kier molecular flexibility index (Phi) is 3.11. The van der Waals surface area contributed by atoms with Crippen LogP contribution in [0, 0.1) is 5.92 Å². The van der Waals surface area contributed by atoms with Crippen molar-refractivity contribution >= 4 is 11.8 Å². The average molecular weight is 278 g/mol. The summed E-state index contributed by atoms with van der Waals surface area (Å²) in [6, 6.07) is 0.269. The fourth-order valence-corrected chi connectivity index (χ4v) is 3.99. The van der Waals surface area contributed by atoms with Crippen LogP contribution in [0.15, 0.2) is 0 Å². The van der Waals surface area contributed by atoms with E-state index in [0.717, 1.165) is 25.7 Å². The van der Waals surface area contributed by atoms with E-state index < -0.39 is 11.1 Å². The Morgan fingerprint density at radius 3 is 2.25 bits per heavy atom. The molecule has 3 fully saturated rings.